The molecule has 168 valence electrons. The van der Waals surface area contributed by atoms with Crippen molar-refractivity contribution >= 4 is 21.6 Å². The van der Waals surface area contributed by atoms with E-state index in [4.69, 9.17) is 0 Å². The Labute approximate surface area is 190 Å². The summed E-state index contributed by atoms with van der Waals surface area (Å²) in [5.41, 5.74) is 4.12. The van der Waals surface area contributed by atoms with Crippen molar-refractivity contribution in [2.75, 3.05) is 4.72 Å². The van der Waals surface area contributed by atoms with Gasteiger partial charge in [-0.3, -0.25) is 9.52 Å². The van der Waals surface area contributed by atoms with Gasteiger partial charge in [-0.1, -0.05) is 67.4 Å². The minimum atomic E-state index is -3.73. The van der Waals surface area contributed by atoms with Crippen LogP contribution in [0.4, 0.5) is 5.69 Å². The standard InChI is InChI=1S/C26H30N2O3S/c1-18(2)13-25(22-15-19(3)14-20(4)16-22)27-26(29)21-9-8-10-23(17-21)28-32(30,31)24-11-6-5-7-12-24/h5-12,14-18,25,28H,13H2,1-4H3,(H,27,29). The molecule has 1 amide bonds. The lowest BCUT2D eigenvalue weighted by atomic mass is 9.94. The second kappa shape index (κ2) is 10.0. The van der Waals surface area contributed by atoms with Gasteiger partial charge in [0.05, 0.1) is 10.9 Å². The summed E-state index contributed by atoms with van der Waals surface area (Å²) in [5.74, 6) is 0.153. The van der Waals surface area contributed by atoms with Crippen LogP contribution in [0.15, 0.2) is 77.7 Å². The molecule has 0 aromatic heterocycles. The molecule has 0 fully saturated rings. The number of hydrogen-bond donors (Lipinski definition) is 2. The summed E-state index contributed by atoms with van der Waals surface area (Å²) in [4.78, 5) is 13.2. The maximum atomic E-state index is 13.1. The van der Waals surface area contributed by atoms with Gasteiger partial charge in [0, 0.05) is 11.3 Å². The Balaban J connectivity index is 1.82. The highest BCUT2D eigenvalue weighted by atomic mass is 32.2. The average molecular weight is 451 g/mol. The molecule has 2 N–H and O–H groups in total. The summed E-state index contributed by atoms with van der Waals surface area (Å²) >= 11 is 0. The summed E-state index contributed by atoms with van der Waals surface area (Å²) in [5, 5.41) is 3.14. The largest absolute Gasteiger partial charge is 0.345 e. The van der Waals surface area contributed by atoms with Crippen molar-refractivity contribution in [2.45, 2.75) is 45.1 Å². The van der Waals surface area contributed by atoms with Crippen molar-refractivity contribution in [3.8, 4) is 0 Å². The van der Waals surface area contributed by atoms with Gasteiger partial charge in [0.25, 0.3) is 15.9 Å². The molecule has 3 aromatic carbocycles. The molecular formula is C26H30N2O3S. The molecule has 0 aliphatic rings. The SMILES string of the molecule is Cc1cc(C)cc(C(CC(C)C)NC(=O)c2cccc(NS(=O)(=O)c3ccccc3)c2)c1. The Morgan fingerprint density at radius 2 is 1.53 bits per heavy atom. The molecule has 0 saturated heterocycles. The van der Waals surface area contributed by atoms with Crippen LogP contribution in [0.25, 0.3) is 0 Å². The molecule has 1 unspecified atom stereocenters. The lowest BCUT2D eigenvalue weighted by Gasteiger charge is -2.22. The lowest BCUT2D eigenvalue weighted by molar-refractivity contribution is 0.0932. The van der Waals surface area contributed by atoms with Gasteiger partial charge in [-0.25, -0.2) is 8.42 Å². The molecule has 32 heavy (non-hydrogen) atoms. The zero-order valence-corrected chi connectivity index (χ0v) is 19.7. The first-order valence-electron chi connectivity index (χ1n) is 10.7. The van der Waals surface area contributed by atoms with Crippen molar-refractivity contribution in [2.24, 2.45) is 5.92 Å². The summed E-state index contributed by atoms with van der Waals surface area (Å²) in [6.07, 6.45) is 0.801. The number of benzene rings is 3. The van der Waals surface area contributed by atoms with Crippen LogP contribution in [0.3, 0.4) is 0 Å². The van der Waals surface area contributed by atoms with Crippen LogP contribution in [0.5, 0.6) is 0 Å². The molecule has 3 rings (SSSR count). The number of hydrogen-bond acceptors (Lipinski definition) is 3. The first kappa shape index (κ1) is 23.5. The third-order valence-electron chi connectivity index (χ3n) is 5.09. The number of rotatable bonds is 8. The summed E-state index contributed by atoms with van der Waals surface area (Å²) in [7, 11) is -3.73. The number of anilines is 1. The van der Waals surface area contributed by atoms with Crippen LogP contribution in [0.2, 0.25) is 0 Å². The quantitative estimate of drug-likeness (QED) is 0.468. The molecular weight excluding hydrogens is 420 g/mol. The lowest BCUT2D eigenvalue weighted by Crippen LogP contribution is -2.29. The van der Waals surface area contributed by atoms with Gasteiger partial charge in [-0.15, -0.1) is 0 Å². The maximum absolute atomic E-state index is 13.1. The van der Waals surface area contributed by atoms with Crippen LogP contribution in [-0.2, 0) is 10.0 Å². The highest BCUT2D eigenvalue weighted by Gasteiger charge is 2.19. The highest BCUT2D eigenvalue weighted by molar-refractivity contribution is 7.92. The maximum Gasteiger partial charge on any atom is 0.261 e. The van der Waals surface area contributed by atoms with Gasteiger partial charge >= 0.3 is 0 Å². The van der Waals surface area contributed by atoms with Crippen molar-refractivity contribution in [1.82, 2.24) is 5.32 Å². The van der Waals surface area contributed by atoms with E-state index in [0.717, 1.165) is 23.1 Å². The minimum Gasteiger partial charge on any atom is -0.345 e. The predicted octanol–water partition coefficient (Wildman–Crippen LogP) is 5.62. The van der Waals surface area contributed by atoms with Crippen LogP contribution in [-0.4, -0.2) is 14.3 Å². The third kappa shape index (κ3) is 6.20. The zero-order valence-electron chi connectivity index (χ0n) is 18.9. The predicted molar refractivity (Wildman–Crippen MR) is 129 cm³/mol. The number of carbonyl (C=O) groups is 1. The molecule has 0 aliphatic carbocycles. The van der Waals surface area contributed by atoms with E-state index in [1.54, 1.807) is 42.5 Å². The first-order chi connectivity index (χ1) is 15.1. The summed E-state index contributed by atoms with van der Waals surface area (Å²) in [6.45, 7) is 8.35. The van der Waals surface area contributed by atoms with Crippen LogP contribution < -0.4 is 10.0 Å². The second-order valence-electron chi connectivity index (χ2n) is 8.58. The molecule has 0 radical (unpaired) electrons. The van der Waals surface area contributed by atoms with Crippen molar-refractivity contribution < 1.29 is 13.2 Å². The molecule has 0 heterocycles. The van der Waals surface area contributed by atoms with E-state index in [-0.39, 0.29) is 16.8 Å². The third-order valence-corrected chi connectivity index (χ3v) is 6.49. The zero-order chi connectivity index (χ0) is 23.3. The van der Waals surface area contributed by atoms with E-state index in [9.17, 15) is 13.2 Å². The van der Waals surface area contributed by atoms with Gasteiger partial charge < -0.3 is 5.32 Å². The Hall–Kier alpha value is -3.12. The molecule has 3 aromatic rings. The Morgan fingerprint density at radius 1 is 0.875 bits per heavy atom. The van der Waals surface area contributed by atoms with Crippen LogP contribution >= 0.6 is 0 Å². The number of nitrogens with one attached hydrogen (secondary N) is 2. The second-order valence-corrected chi connectivity index (χ2v) is 10.3. The first-order valence-corrected chi connectivity index (χ1v) is 12.2. The van der Waals surface area contributed by atoms with E-state index in [2.05, 4.69) is 42.1 Å². The van der Waals surface area contributed by atoms with Gasteiger partial charge in [0.2, 0.25) is 0 Å². The van der Waals surface area contributed by atoms with Gasteiger partial charge in [0.15, 0.2) is 0 Å². The highest BCUT2D eigenvalue weighted by Crippen LogP contribution is 2.25. The average Bonchev–Trinajstić information content (AvgIpc) is 2.73. The topological polar surface area (TPSA) is 75.3 Å². The van der Waals surface area contributed by atoms with Crippen molar-refractivity contribution in [3.05, 3.63) is 95.1 Å². The van der Waals surface area contributed by atoms with E-state index in [0.29, 0.717) is 17.2 Å². The molecule has 5 nitrogen and oxygen atoms in total. The summed E-state index contributed by atoms with van der Waals surface area (Å²) < 4.78 is 27.8. The fourth-order valence-corrected chi connectivity index (χ4v) is 4.81. The Kier molecular flexibility index (Phi) is 7.36. The normalized spacial score (nSPS) is 12.4. The summed E-state index contributed by atoms with van der Waals surface area (Å²) in [6, 6.07) is 20.9. The van der Waals surface area contributed by atoms with E-state index >= 15 is 0 Å². The molecule has 0 spiro atoms. The molecule has 1 atom stereocenters. The van der Waals surface area contributed by atoms with E-state index in [1.165, 1.54) is 12.1 Å². The van der Waals surface area contributed by atoms with Gasteiger partial charge in [0.1, 0.15) is 0 Å². The minimum absolute atomic E-state index is 0.134. The van der Waals surface area contributed by atoms with Crippen molar-refractivity contribution in [1.29, 1.82) is 0 Å². The number of aryl methyl sites for hydroxylation is 2. The Bertz CT molecular complexity index is 1170. The fourth-order valence-electron chi connectivity index (χ4n) is 3.74. The fraction of sp³-hybridized carbons (Fsp3) is 0.269. The molecule has 0 aliphatic heterocycles. The number of amides is 1. The van der Waals surface area contributed by atoms with Gasteiger partial charge in [-0.05, 0) is 62.1 Å². The van der Waals surface area contributed by atoms with E-state index in [1.807, 2.05) is 13.8 Å². The van der Waals surface area contributed by atoms with Gasteiger partial charge in [-0.2, -0.15) is 0 Å². The number of carbonyl (C=O) groups excluding carboxylic acids is 1. The van der Waals surface area contributed by atoms with Crippen molar-refractivity contribution in [3.63, 3.8) is 0 Å². The molecule has 0 bridgehead atoms. The number of sulfonamides is 1. The van der Waals surface area contributed by atoms with Crippen LogP contribution in [0.1, 0.15) is 53.4 Å². The van der Waals surface area contributed by atoms with Crippen LogP contribution in [0, 0.1) is 19.8 Å². The Morgan fingerprint density at radius 3 is 2.16 bits per heavy atom. The molecule has 6 heteroatoms. The smallest absolute Gasteiger partial charge is 0.261 e. The monoisotopic (exact) mass is 450 g/mol. The molecule has 0 saturated carbocycles. The van der Waals surface area contributed by atoms with E-state index < -0.39 is 10.0 Å².